The number of hydrogen-bond acceptors (Lipinski definition) is 3. The van der Waals surface area contributed by atoms with Crippen molar-refractivity contribution in [1.82, 2.24) is 4.90 Å². The van der Waals surface area contributed by atoms with Gasteiger partial charge in [0.25, 0.3) is 0 Å². The molecule has 2 aromatic rings. The van der Waals surface area contributed by atoms with Crippen LogP contribution in [-0.2, 0) is 4.79 Å². The zero-order valence-corrected chi connectivity index (χ0v) is 13.6. The minimum atomic E-state index is -0.755. The third-order valence-corrected chi connectivity index (χ3v) is 4.49. The topological polar surface area (TPSA) is 43.8 Å². The van der Waals surface area contributed by atoms with Crippen LogP contribution in [0.15, 0.2) is 54.6 Å². The number of rotatable bonds is 5. The number of likely N-dealkylation sites (N-methyl/N-ethyl adjacent to an activating group) is 1. The Morgan fingerprint density at radius 2 is 1.88 bits per heavy atom. The van der Waals surface area contributed by atoms with Gasteiger partial charge >= 0.3 is 0 Å². The van der Waals surface area contributed by atoms with Crippen molar-refractivity contribution in [3.8, 4) is 0 Å². The van der Waals surface area contributed by atoms with Crippen LogP contribution in [0.1, 0.15) is 18.1 Å². The van der Waals surface area contributed by atoms with Crippen LogP contribution in [0.3, 0.4) is 0 Å². The highest BCUT2D eigenvalue weighted by atomic mass is 19.1. The maximum atomic E-state index is 13.0. The Hall–Kier alpha value is -2.24. The second-order valence-corrected chi connectivity index (χ2v) is 6.14. The van der Waals surface area contributed by atoms with Crippen molar-refractivity contribution < 1.29 is 14.3 Å². The Labute approximate surface area is 141 Å². The zero-order valence-electron chi connectivity index (χ0n) is 13.6. The molecule has 0 aliphatic carbocycles. The number of amides is 1. The molecule has 1 heterocycles. The number of carbonyl (C=O) groups excluding carboxylic acids is 1. The molecule has 5 heteroatoms. The van der Waals surface area contributed by atoms with E-state index in [0.717, 1.165) is 12.1 Å². The van der Waals surface area contributed by atoms with Crippen molar-refractivity contribution >= 4 is 11.6 Å². The number of para-hydroxylation sites is 1. The summed E-state index contributed by atoms with van der Waals surface area (Å²) in [5.41, 5.74) is 1.55. The van der Waals surface area contributed by atoms with Crippen LogP contribution >= 0.6 is 0 Å². The largest absolute Gasteiger partial charge is 0.387 e. The third kappa shape index (κ3) is 3.47. The van der Waals surface area contributed by atoms with Gasteiger partial charge < -0.3 is 10.0 Å². The fraction of sp³-hybridized carbons (Fsp3) is 0.316. The first-order valence-electron chi connectivity index (χ1n) is 8.06. The first kappa shape index (κ1) is 16.6. The molecule has 2 aromatic carbocycles. The van der Waals surface area contributed by atoms with Gasteiger partial charge in [-0.15, -0.1) is 0 Å². The molecule has 0 bridgehead atoms. The van der Waals surface area contributed by atoms with Crippen molar-refractivity contribution in [3.63, 3.8) is 0 Å². The van der Waals surface area contributed by atoms with Crippen LogP contribution in [0.5, 0.6) is 0 Å². The van der Waals surface area contributed by atoms with Crippen molar-refractivity contribution in [2.24, 2.45) is 0 Å². The molecule has 0 aromatic heterocycles. The quantitative estimate of drug-likeness (QED) is 0.917. The number of aliphatic hydroxyl groups excluding tert-OH is 1. The smallest absolute Gasteiger partial charge is 0.244 e. The van der Waals surface area contributed by atoms with Gasteiger partial charge in [-0.25, -0.2) is 4.39 Å². The third-order valence-electron chi connectivity index (χ3n) is 4.49. The molecule has 1 aliphatic heterocycles. The summed E-state index contributed by atoms with van der Waals surface area (Å²) in [6, 6.07) is 15.2. The molecule has 1 aliphatic rings. The van der Waals surface area contributed by atoms with Crippen LogP contribution in [0.25, 0.3) is 0 Å². The standard InChI is InChI=1S/C19H21FN2O2/c1-21(13-18(23)14-7-9-15(20)10-8-14)17-11-12-22(19(17)24)16-5-3-2-4-6-16/h2-10,17-18,23H,11-13H2,1H3. The van der Waals surface area contributed by atoms with Gasteiger partial charge in [0.05, 0.1) is 12.1 Å². The van der Waals surface area contributed by atoms with Crippen LogP contribution in [0.2, 0.25) is 0 Å². The lowest BCUT2D eigenvalue weighted by Gasteiger charge is -2.26. The molecule has 0 saturated carbocycles. The van der Waals surface area contributed by atoms with Gasteiger partial charge in [-0.05, 0) is 43.3 Å². The monoisotopic (exact) mass is 328 g/mol. The first-order valence-corrected chi connectivity index (χ1v) is 8.06. The predicted octanol–water partition coefficient (Wildman–Crippen LogP) is 2.60. The highest BCUT2D eigenvalue weighted by molar-refractivity contribution is 5.99. The lowest BCUT2D eigenvalue weighted by Crippen LogP contribution is -2.41. The number of hydrogen-bond donors (Lipinski definition) is 1. The summed E-state index contributed by atoms with van der Waals surface area (Å²) in [7, 11) is 1.84. The Morgan fingerprint density at radius 1 is 1.21 bits per heavy atom. The van der Waals surface area contributed by atoms with E-state index in [2.05, 4.69) is 0 Å². The summed E-state index contributed by atoms with van der Waals surface area (Å²) < 4.78 is 13.0. The van der Waals surface area contributed by atoms with Gasteiger partial charge in [0.1, 0.15) is 5.82 Å². The van der Waals surface area contributed by atoms with E-state index >= 15 is 0 Å². The van der Waals surface area contributed by atoms with Gasteiger partial charge in [-0.1, -0.05) is 30.3 Å². The van der Waals surface area contributed by atoms with E-state index in [0.29, 0.717) is 18.7 Å². The molecule has 1 N–H and O–H groups in total. The number of carbonyl (C=O) groups is 1. The fourth-order valence-electron chi connectivity index (χ4n) is 3.13. The van der Waals surface area contributed by atoms with Crippen LogP contribution in [0.4, 0.5) is 10.1 Å². The average Bonchev–Trinajstić information content (AvgIpc) is 2.98. The van der Waals surface area contributed by atoms with Crippen LogP contribution in [-0.4, -0.2) is 42.1 Å². The summed E-state index contributed by atoms with van der Waals surface area (Å²) in [5, 5.41) is 10.3. The molecule has 1 saturated heterocycles. The summed E-state index contributed by atoms with van der Waals surface area (Å²) in [4.78, 5) is 16.3. The Bertz CT molecular complexity index is 690. The number of nitrogens with zero attached hydrogens (tertiary/aromatic N) is 2. The van der Waals surface area contributed by atoms with E-state index in [1.54, 1.807) is 17.0 Å². The predicted molar refractivity (Wildman–Crippen MR) is 91.2 cm³/mol. The SMILES string of the molecule is CN(CC(O)c1ccc(F)cc1)C1CCN(c2ccccc2)C1=O. The number of halogens is 1. The zero-order chi connectivity index (χ0) is 17.1. The summed E-state index contributed by atoms with van der Waals surface area (Å²) in [6.07, 6.45) is -0.0328. The fourth-order valence-corrected chi connectivity index (χ4v) is 3.13. The summed E-state index contributed by atoms with van der Waals surface area (Å²) in [6.45, 7) is 0.995. The average molecular weight is 328 g/mol. The van der Waals surface area contributed by atoms with E-state index < -0.39 is 6.10 Å². The maximum absolute atomic E-state index is 13.0. The van der Waals surface area contributed by atoms with Crippen molar-refractivity contribution in [3.05, 3.63) is 66.0 Å². The molecule has 1 fully saturated rings. The second-order valence-electron chi connectivity index (χ2n) is 6.14. The Kier molecular flexibility index (Phi) is 4.92. The highest BCUT2D eigenvalue weighted by Gasteiger charge is 2.35. The molecule has 1 amide bonds. The summed E-state index contributed by atoms with van der Waals surface area (Å²) in [5.74, 6) is -0.279. The molecule has 24 heavy (non-hydrogen) atoms. The molecular formula is C19H21FN2O2. The lowest BCUT2D eigenvalue weighted by atomic mass is 10.1. The maximum Gasteiger partial charge on any atom is 0.244 e. The summed E-state index contributed by atoms with van der Waals surface area (Å²) >= 11 is 0. The molecule has 126 valence electrons. The minimum Gasteiger partial charge on any atom is -0.387 e. The molecule has 2 atom stereocenters. The highest BCUT2D eigenvalue weighted by Crippen LogP contribution is 2.25. The van der Waals surface area contributed by atoms with Crippen molar-refractivity contribution in [2.45, 2.75) is 18.6 Å². The van der Waals surface area contributed by atoms with Gasteiger partial charge in [-0.2, -0.15) is 0 Å². The second kappa shape index (κ2) is 7.11. The Balaban J connectivity index is 1.64. The van der Waals surface area contributed by atoms with Crippen molar-refractivity contribution in [2.75, 3.05) is 25.0 Å². The van der Waals surface area contributed by atoms with Crippen molar-refractivity contribution in [1.29, 1.82) is 0 Å². The van der Waals surface area contributed by atoms with E-state index in [-0.39, 0.29) is 17.8 Å². The van der Waals surface area contributed by atoms with Crippen LogP contribution in [0, 0.1) is 5.82 Å². The van der Waals surface area contributed by atoms with Crippen LogP contribution < -0.4 is 4.90 Å². The first-order chi connectivity index (χ1) is 11.6. The number of aliphatic hydroxyl groups is 1. The molecule has 2 unspecified atom stereocenters. The van der Waals surface area contributed by atoms with E-state index in [9.17, 15) is 14.3 Å². The van der Waals surface area contributed by atoms with E-state index in [1.165, 1.54) is 12.1 Å². The molecular weight excluding hydrogens is 307 g/mol. The molecule has 3 rings (SSSR count). The minimum absolute atomic E-state index is 0.0509. The molecule has 0 radical (unpaired) electrons. The number of anilines is 1. The number of benzene rings is 2. The molecule has 4 nitrogen and oxygen atoms in total. The van der Waals surface area contributed by atoms with Gasteiger partial charge in [0.2, 0.25) is 5.91 Å². The van der Waals surface area contributed by atoms with Gasteiger partial charge in [0, 0.05) is 18.8 Å². The normalized spacial score (nSPS) is 19.1. The lowest BCUT2D eigenvalue weighted by molar-refractivity contribution is -0.121. The Morgan fingerprint density at radius 3 is 2.54 bits per heavy atom. The van der Waals surface area contributed by atoms with E-state index in [1.807, 2.05) is 42.3 Å². The van der Waals surface area contributed by atoms with E-state index in [4.69, 9.17) is 0 Å². The van der Waals surface area contributed by atoms with Gasteiger partial charge in [0.15, 0.2) is 0 Å². The van der Waals surface area contributed by atoms with Gasteiger partial charge in [-0.3, -0.25) is 9.69 Å². The molecule has 0 spiro atoms.